The van der Waals surface area contributed by atoms with Crippen LogP contribution >= 0.6 is 23.2 Å². The van der Waals surface area contributed by atoms with E-state index >= 15 is 0 Å². The number of carbonyl (C=O) groups excluding carboxylic acids is 1. The summed E-state index contributed by atoms with van der Waals surface area (Å²) < 4.78 is 4.91. The number of anilines is 1. The van der Waals surface area contributed by atoms with Crippen LogP contribution in [0.15, 0.2) is 12.1 Å². The molecule has 2 amide bonds. The fourth-order valence-corrected chi connectivity index (χ4v) is 2.15. The lowest BCUT2D eigenvalue weighted by molar-refractivity contribution is 0.0698. The van der Waals surface area contributed by atoms with E-state index in [4.69, 9.17) is 33.0 Å². The van der Waals surface area contributed by atoms with Crippen LogP contribution in [0, 0.1) is 0 Å². The number of rotatable bonds is 6. The van der Waals surface area contributed by atoms with E-state index in [1.807, 2.05) is 0 Å². The number of urea groups is 1. The fourth-order valence-electron chi connectivity index (χ4n) is 1.61. The maximum absolute atomic E-state index is 11.9. The van der Waals surface area contributed by atoms with Crippen LogP contribution in [0.1, 0.15) is 23.7 Å². The number of carboxylic acids is 1. The molecule has 1 atom stereocenters. The molecular formula is C13H16Cl2N2O4. The second-order valence-electron chi connectivity index (χ2n) is 4.40. The molecule has 0 heterocycles. The molecule has 116 valence electrons. The number of halogens is 2. The van der Waals surface area contributed by atoms with Crippen molar-refractivity contribution in [2.45, 2.75) is 19.4 Å². The minimum Gasteiger partial charge on any atom is -0.478 e. The summed E-state index contributed by atoms with van der Waals surface area (Å²) in [5.41, 5.74) is -0.169. The molecule has 21 heavy (non-hydrogen) atoms. The van der Waals surface area contributed by atoms with E-state index in [0.717, 1.165) is 0 Å². The number of methoxy groups -OCH3 is 1. The first-order chi connectivity index (χ1) is 9.85. The molecule has 1 aromatic rings. The molecule has 0 radical (unpaired) electrons. The molecule has 0 fully saturated rings. The molecule has 0 aliphatic heterocycles. The zero-order chi connectivity index (χ0) is 16.0. The van der Waals surface area contributed by atoms with Crippen molar-refractivity contribution in [3.05, 3.63) is 27.7 Å². The van der Waals surface area contributed by atoms with Crippen LogP contribution in [-0.4, -0.2) is 36.9 Å². The van der Waals surface area contributed by atoms with E-state index in [1.165, 1.54) is 12.1 Å². The van der Waals surface area contributed by atoms with Gasteiger partial charge in [-0.25, -0.2) is 9.59 Å². The van der Waals surface area contributed by atoms with E-state index in [2.05, 4.69) is 10.6 Å². The minimum absolute atomic E-state index is 0.00464. The Hall–Kier alpha value is -1.50. The van der Waals surface area contributed by atoms with E-state index in [9.17, 15) is 9.59 Å². The Kier molecular flexibility index (Phi) is 6.74. The lowest BCUT2D eigenvalue weighted by atomic mass is 10.2. The molecule has 6 nitrogen and oxygen atoms in total. The second kappa shape index (κ2) is 8.07. The number of aromatic carboxylic acids is 1. The fraction of sp³-hybridized carbons (Fsp3) is 0.385. The van der Waals surface area contributed by atoms with Gasteiger partial charge in [0.15, 0.2) is 0 Å². The van der Waals surface area contributed by atoms with Gasteiger partial charge in [0.05, 0.1) is 16.3 Å². The van der Waals surface area contributed by atoms with Gasteiger partial charge in [0.1, 0.15) is 0 Å². The predicted molar refractivity (Wildman–Crippen MR) is 81.5 cm³/mol. The van der Waals surface area contributed by atoms with Crippen molar-refractivity contribution < 1.29 is 19.4 Å². The molecule has 1 rings (SSSR count). The van der Waals surface area contributed by atoms with Gasteiger partial charge in [-0.05, 0) is 25.5 Å². The van der Waals surface area contributed by atoms with Crippen molar-refractivity contribution in [3.8, 4) is 0 Å². The zero-order valence-corrected chi connectivity index (χ0v) is 13.1. The Morgan fingerprint density at radius 1 is 1.38 bits per heavy atom. The van der Waals surface area contributed by atoms with Crippen molar-refractivity contribution in [2.75, 3.05) is 19.0 Å². The molecule has 8 heteroatoms. The molecule has 1 aromatic carbocycles. The third-order valence-electron chi connectivity index (χ3n) is 2.66. The molecule has 0 saturated heterocycles. The highest BCUT2D eigenvalue weighted by atomic mass is 35.5. The van der Waals surface area contributed by atoms with E-state index in [1.54, 1.807) is 14.0 Å². The third-order valence-corrected chi connectivity index (χ3v) is 3.17. The van der Waals surface area contributed by atoms with Crippen molar-refractivity contribution in [2.24, 2.45) is 0 Å². The number of nitrogens with one attached hydrogen (secondary N) is 2. The van der Waals surface area contributed by atoms with Gasteiger partial charge in [0.25, 0.3) is 0 Å². The number of benzene rings is 1. The van der Waals surface area contributed by atoms with E-state index in [0.29, 0.717) is 13.0 Å². The van der Waals surface area contributed by atoms with Crippen molar-refractivity contribution >= 4 is 40.9 Å². The summed E-state index contributed by atoms with van der Waals surface area (Å²) in [6, 6.07) is 1.90. The first-order valence-electron chi connectivity index (χ1n) is 6.14. The van der Waals surface area contributed by atoms with Gasteiger partial charge in [-0.3, -0.25) is 0 Å². The lowest BCUT2D eigenvalue weighted by Gasteiger charge is -2.16. The summed E-state index contributed by atoms with van der Waals surface area (Å²) in [4.78, 5) is 23.0. The Morgan fingerprint density at radius 3 is 2.62 bits per heavy atom. The van der Waals surface area contributed by atoms with Crippen LogP contribution in [-0.2, 0) is 4.74 Å². The van der Waals surface area contributed by atoms with Crippen molar-refractivity contribution in [1.29, 1.82) is 0 Å². The monoisotopic (exact) mass is 334 g/mol. The van der Waals surface area contributed by atoms with E-state index in [-0.39, 0.29) is 27.3 Å². The highest BCUT2D eigenvalue weighted by Crippen LogP contribution is 2.30. The molecule has 0 saturated carbocycles. The van der Waals surface area contributed by atoms with Crippen LogP contribution in [0.25, 0.3) is 0 Å². The Balaban J connectivity index is 2.83. The van der Waals surface area contributed by atoms with Gasteiger partial charge in [0, 0.05) is 24.8 Å². The number of carboxylic acid groups (broad SMARTS) is 1. The normalized spacial score (nSPS) is 11.8. The summed E-state index contributed by atoms with van der Waals surface area (Å²) >= 11 is 11.7. The van der Waals surface area contributed by atoms with Crippen LogP contribution < -0.4 is 10.6 Å². The van der Waals surface area contributed by atoms with Crippen LogP contribution in [0.2, 0.25) is 10.0 Å². The lowest BCUT2D eigenvalue weighted by Crippen LogP contribution is -2.37. The first-order valence-corrected chi connectivity index (χ1v) is 6.89. The maximum atomic E-state index is 11.9. The highest BCUT2D eigenvalue weighted by Gasteiger charge is 2.18. The standard InChI is InChI=1S/C13H16Cl2N2O4/c1-7(3-4-21-2)16-13(20)17-11-9(12(18)19)5-8(14)6-10(11)15/h5-7H,3-4H2,1-2H3,(H,18,19)(H2,16,17,20). The van der Waals surface area contributed by atoms with Gasteiger partial charge in [0.2, 0.25) is 0 Å². The smallest absolute Gasteiger partial charge is 0.337 e. The number of amides is 2. The zero-order valence-electron chi connectivity index (χ0n) is 11.6. The van der Waals surface area contributed by atoms with Gasteiger partial charge in [-0.15, -0.1) is 0 Å². The van der Waals surface area contributed by atoms with Gasteiger partial charge in [-0.2, -0.15) is 0 Å². The van der Waals surface area contributed by atoms with Crippen LogP contribution in [0.4, 0.5) is 10.5 Å². The summed E-state index contributed by atoms with van der Waals surface area (Å²) in [5, 5.41) is 14.4. The summed E-state index contributed by atoms with van der Waals surface area (Å²) in [6.45, 7) is 2.31. The van der Waals surface area contributed by atoms with E-state index < -0.39 is 12.0 Å². The highest BCUT2D eigenvalue weighted by molar-refractivity contribution is 6.37. The first kappa shape index (κ1) is 17.6. The quantitative estimate of drug-likeness (QED) is 0.745. The Labute approximate surface area is 132 Å². The summed E-state index contributed by atoms with van der Waals surface area (Å²) in [6.07, 6.45) is 0.629. The Bertz CT molecular complexity index is 537. The third kappa shape index (κ3) is 5.41. The predicted octanol–water partition coefficient (Wildman–Crippen LogP) is 3.24. The summed E-state index contributed by atoms with van der Waals surface area (Å²) in [5.74, 6) is -1.23. The molecular weight excluding hydrogens is 319 g/mol. The van der Waals surface area contributed by atoms with Gasteiger partial charge >= 0.3 is 12.0 Å². The average molecular weight is 335 g/mol. The molecule has 0 spiro atoms. The molecule has 0 aliphatic carbocycles. The second-order valence-corrected chi connectivity index (χ2v) is 5.24. The van der Waals surface area contributed by atoms with Gasteiger partial charge in [-0.1, -0.05) is 23.2 Å². The number of hydrogen-bond acceptors (Lipinski definition) is 3. The molecule has 1 unspecified atom stereocenters. The number of ether oxygens (including phenoxy) is 1. The van der Waals surface area contributed by atoms with Crippen molar-refractivity contribution in [1.82, 2.24) is 5.32 Å². The van der Waals surface area contributed by atoms with Crippen LogP contribution in [0.3, 0.4) is 0 Å². The number of carbonyl (C=O) groups is 2. The maximum Gasteiger partial charge on any atom is 0.337 e. The molecule has 0 bridgehead atoms. The van der Waals surface area contributed by atoms with Crippen molar-refractivity contribution in [3.63, 3.8) is 0 Å². The largest absolute Gasteiger partial charge is 0.478 e. The molecule has 3 N–H and O–H groups in total. The minimum atomic E-state index is -1.23. The average Bonchev–Trinajstić information content (AvgIpc) is 2.38. The summed E-state index contributed by atoms with van der Waals surface area (Å²) in [7, 11) is 1.57. The molecule has 0 aromatic heterocycles. The van der Waals surface area contributed by atoms with Crippen LogP contribution in [0.5, 0.6) is 0 Å². The Morgan fingerprint density at radius 2 is 2.05 bits per heavy atom. The molecule has 0 aliphatic rings. The van der Waals surface area contributed by atoms with Gasteiger partial charge < -0.3 is 20.5 Å². The topological polar surface area (TPSA) is 87.7 Å². The number of hydrogen-bond donors (Lipinski definition) is 3. The SMILES string of the molecule is COCCC(C)NC(=O)Nc1c(Cl)cc(Cl)cc1C(=O)O.